The van der Waals surface area contributed by atoms with Crippen LogP contribution in [0.1, 0.15) is 6.42 Å². The summed E-state index contributed by atoms with van der Waals surface area (Å²) < 4.78 is 25.4. The van der Waals surface area contributed by atoms with Crippen molar-refractivity contribution in [2.24, 2.45) is 0 Å². The lowest BCUT2D eigenvalue weighted by molar-refractivity contribution is -0.119. The molecule has 1 fully saturated rings. The fourth-order valence-corrected chi connectivity index (χ4v) is 5.32. The summed E-state index contributed by atoms with van der Waals surface area (Å²) in [6.45, 7) is -0.0910. The number of sulfone groups is 1. The van der Waals surface area contributed by atoms with Crippen LogP contribution in [-0.2, 0) is 21.2 Å². The van der Waals surface area contributed by atoms with Gasteiger partial charge in [-0.2, -0.15) is 5.10 Å². The topological polar surface area (TPSA) is 89.3 Å². The third-order valence-corrected chi connectivity index (χ3v) is 6.67. The minimum atomic E-state index is -3.15. The fraction of sp³-hybridized carbons (Fsp3) is 0.250. The maximum atomic E-state index is 13.2. The van der Waals surface area contributed by atoms with Crippen LogP contribution in [0, 0.1) is 0 Å². The predicted octanol–water partition coefficient (Wildman–Crippen LogP) is 1.62. The van der Waals surface area contributed by atoms with Crippen molar-refractivity contribution < 1.29 is 13.2 Å². The van der Waals surface area contributed by atoms with Gasteiger partial charge in [-0.1, -0.05) is 30.3 Å². The molecule has 2 heterocycles. The van der Waals surface area contributed by atoms with E-state index in [2.05, 4.69) is 5.10 Å². The van der Waals surface area contributed by atoms with Gasteiger partial charge in [0.15, 0.2) is 9.84 Å². The van der Waals surface area contributed by atoms with Crippen molar-refractivity contribution in [3.63, 3.8) is 0 Å². The van der Waals surface area contributed by atoms with Crippen LogP contribution in [0.2, 0.25) is 0 Å². The van der Waals surface area contributed by atoms with Crippen LogP contribution < -0.4 is 10.3 Å². The van der Waals surface area contributed by atoms with Crippen molar-refractivity contribution in [3.8, 4) is 0 Å². The third-order valence-electron chi connectivity index (χ3n) is 4.92. The first-order chi connectivity index (χ1) is 13.4. The number of fused-ring (bicyclic) bond motifs is 1. The van der Waals surface area contributed by atoms with Crippen molar-refractivity contribution in [2.75, 3.05) is 16.4 Å². The lowest BCUT2D eigenvalue weighted by Gasteiger charge is -2.28. The van der Waals surface area contributed by atoms with Crippen molar-refractivity contribution in [2.45, 2.75) is 19.0 Å². The highest BCUT2D eigenvalue weighted by molar-refractivity contribution is 7.91. The van der Waals surface area contributed by atoms with E-state index in [0.29, 0.717) is 23.0 Å². The first kappa shape index (κ1) is 18.4. The number of amides is 1. The number of anilines is 1. The molecule has 0 radical (unpaired) electrons. The maximum Gasteiger partial charge on any atom is 0.249 e. The summed E-state index contributed by atoms with van der Waals surface area (Å²) >= 11 is 0. The molecule has 2 aromatic carbocycles. The van der Waals surface area contributed by atoms with Gasteiger partial charge >= 0.3 is 0 Å². The zero-order chi connectivity index (χ0) is 19.7. The second kappa shape index (κ2) is 7.20. The summed E-state index contributed by atoms with van der Waals surface area (Å²) in [5, 5.41) is 4.60. The quantitative estimate of drug-likeness (QED) is 0.667. The van der Waals surface area contributed by atoms with Crippen LogP contribution in [-0.4, -0.2) is 41.7 Å². The molecule has 1 amide bonds. The number of benzene rings is 2. The molecule has 4 rings (SSSR count). The van der Waals surface area contributed by atoms with Gasteiger partial charge in [0.05, 0.1) is 29.3 Å². The molecule has 3 aromatic rings. The third kappa shape index (κ3) is 3.55. The van der Waals surface area contributed by atoms with Gasteiger partial charge in [-0.15, -0.1) is 0 Å². The van der Waals surface area contributed by atoms with E-state index in [1.54, 1.807) is 41.3 Å². The van der Waals surface area contributed by atoms with Gasteiger partial charge in [0, 0.05) is 11.1 Å². The Morgan fingerprint density at radius 1 is 1.11 bits per heavy atom. The molecule has 0 N–H and O–H groups in total. The lowest BCUT2D eigenvalue weighted by Crippen LogP contribution is -2.43. The Morgan fingerprint density at radius 3 is 2.54 bits per heavy atom. The zero-order valence-corrected chi connectivity index (χ0v) is 15.9. The predicted molar refractivity (Wildman–Crippen MR) is 107 cm³/mol. The van der Waals surface area contributed by atoms with Gasteiger partial charge in [-0.3, -0.25) is 14.3 Å². The minimum absolute atomic E-state index is 0.0496. The summed E-state index contributed by atoms with van der Waals surface area (Å²) in [4.78, 5) is 26.8. The molecule has 7 nitrogen and oxygen atoms in total. The average Bonchev–Trinajstić information content (AvgIpc) is 3.04. The van der Waals surface area contributed by atoms with Crippen LogP contribution in [0.15, 0.2) is 65.6 Å². The van der Waals surface area contributed by atoms with Gasteiger partial charge in [-0.25, -0.2) is 8.42 Å². The number of nitrogens with zero attached hydrogens (tertiary/aromatic N) is 3. The number of hydrogen-bond donors (Lipinski definition) is 0. The monoisotopic (exact) mass is 397 g/mol. The summed E-state index contributed by atoms with van der Waals surface area (Å²) in [7, 11) is -3.15. The molecule has 1 aliphatic rings. The second-order valence-corrected chi connectivity index (χ2v) is 9.07. The molecule has 1 aliphatic heterocycles. The molecule has 0 saturated carbocycles. The molecule has 0 unspecified atom stereocenters. The maximum absolute atomic E-state index is 13.2. The second-order valence-electron chi connectivity index (χ2n) is 6.84. The molecule has 8 heteroatoms. The number of para-hydroxylation sites is 2. The Labute approximate surface area is 162 Å². The van der Waals surface area contributed by atoms with E-state index < -0.39 is 15.9 Å². The number of carbonyl (C=O) groups excluding carboxylic acids is 1. The van der Waals surface area contributed by atoms with E-state index >= 15 is 0 Å². The molecule has 0 aliphatic carbocycles. The highest BCUT2D eigenvalue weighted by Gasteiger charge is 2.35. The molecular weight excluding hydrogens is 378 g/mol. The summed E-state index contributed by atoms with van der Waals surface area (Å²) in [5.41, 5.74) is 1.01. The highest BCUT2D eigenvalue weighted by Crippen LogP contribution is 2.25. The molecule has 1 saturated heterocycles. The Hall–Kier alpha value is -3.00. The average molecular weight is 397 g/mol. The van der Waals surface area contributed by atoms with E-state index in [0.717, 1.165) is 0 Å². The largest absolute Gasteiger partial charge is 0.307 e. The van der Waals surface area contributed by atoms with E-state index in [1.807, 2.05) is 18.2 Å². The van der Waals surface area contributed by atoms with Crippen LogP contribution >= 0.6 is 0 Å². The normalized spacial score (nSPS) is 18.2. The number of rotatable bonds is 4. The van der Waals surface area contributed by atoms with Crippen LogP contribution in [0.4, 0.5) is 5.69 Å². The summed E-state index contributed by atoms with van der Waals surface area (Å²) in [6.07, 6.45) is 1.60. The molecular formula is C20H19N3O4S. The molecule has 0 bridgehead atoms. The van der Waals surface area contributed by atoms with E-state index in [4.69, 9.17) is 0 Å². The molecule has 1 aromatic heterocycles. The first-order valence-corrected chi connectivity index (χ1v) is 10.8. The van der Waals surface area contributed by atoms with Gasteiger partial charge in [0.1, 0.15) is 6.54 Å². The Kier molecular flexibility index (Phi) is 4.72. The van der Waals surface area contributed by atoms with Crippen LogP contribution in [0.3, 0.4) is 0 Å². The summed E-state index contributed by atoms with van der Waals surface area (Å²) in [6, 6.07) is 15.6. The number of hydrogen-bond acceptors (Lipinski definition) is 5. The van der Waals surface area contributed by atoms with Crippen LogP contribution in [0.25, 0.3) is 10.9 Å². The smallest absolute Gasteiger partial charge is 0.249 e. The van der Waals surface area contributed by atoms with Crippen molar-refractivity contribution in [1.82, 2.24) is 9.78 Å². The van der Waals surface area contributed by atoms with E-state index in [9.17, 15) is 18.0 Å². The number of carbonyl (C=O) groups is 1. The van der Waals surface area contributed by atoms with E-state index in [1.165, 1.54) is 10.9 Å². The number of aromatic nitrogens is 2. The highest BCUT2D eigenvalue weighted by atomic mass is 32.2. The first-order valence-electron chi connectivity index (χ1n) is 8.97. The standard InChI is InChI=1S/C20H19N3O4S/c24-19-12-21-22(18-9-5-4-8-17(18)19)13-20(25)23(15-6-2-1-3-7-15)16-10-11-28(26,27)14-16/h1-9,12,16H,10-11,13-14H2/t16-/m0/s1. The van der Waals surface area contributed by atoms with E-state index in [-0.39, 0.29) is 29.4 Å². The van der Waals surface area contributed by atoms with Gasteiger partial charge < -0.3 is 4.90 Å². The van der Waals surface area contributed by atoms with Crippen molar-refractivity contribution >= 4 is 32.3 Å². The molecule has 1 atom stereocenters. The molecule has 28 heavy (non-hydrogen) atoms. The van der Waals surface area contributed by atoms with Crippen molar-refractivity contribution in [3.05, 3.63) is 71.0 Å². The van der Waals surface area contributed by atoms with Crippen LogP contribution in [0.5, 0.6) is 0 Å². The fourth-order valence-electron chi connectivity index (χ4n) is 3.62. The van der Waals surface area contributed by atoms with Gasteiger partial charge in [0.2, 0.25) is 11.3 Å². The Morgan fingerprint density at radius 2 is 1.82 bits per heavy atom. The Bertz CT molecular complexity index is 1190. The van der Waals surface area contributed by atoms with Gasteiger partial charge in [0.25, 0.3) is 0 Å². The van der Waals surface area contributed by atoms with Crippen molar-refractivity contribution in [1.29, 1.82) is 0 Å². The zero-order valence-electron chi connectivity index (χ0n) is 15.1. The molecule has 0 spiro atoms. The minimum Gasteiger partial charge on any atom is -0.307 e. The SMILES string of the molecule is O=C(Cn1ncc(=O)c2ccccc21)N(c1ccccc1)[C@H]1CCS(=O)(=O)C1. The lowest BCUT2D eigenvalue weighted by atomic mass is 10.1. The molecule has 144 valence electrons. The van der Waals surface area contributed by atoms with Gasteiger partial charge in [-0.05, 0) is 30.7 Å². The summed E-state index contributed by atoms with van der Waals surface area (Å²) in [5.74, 6) is -0.242. The Balaban J connectivity index is 1.71.